The molecule has 0 saturated carbocycles. The second-order valence-corrected chi connectivity index (χ2v) is 5.11. The van der Waals surface area contributed by atoms with Crippen LogP contribution in [0.1, 0.15) is 33.1 Å². The number of hydrogen-bond donors (Lipinski definition) is 1. The van der Waals surface area contributed by atoms with Crippen LogP contribution in [-0.2, 0) is 4.74 Å². The molecule has 2 rings (SSSR count). The Hall–Kier alpha value is -0.0800. The molecule has 0 atom stereocenters. The van der Waals surface area contributed by atoms with Crippen LogP contribution in [0.2, 0.25) is 0 Å². The number of hydrogen-bond acceptors (Lipinski definition) is 2. The van der Waals surface area contributed by atoms with Gasteiger partial charge in [0.25, 0.3) is 0 Å². The highest BCUT2D eigenvalue weighted by molar-refractivity contribution is 4.97. The van der Waals surface area contributed by atoms with E-state index in [0.717, 1.165) is 19.8 Å². The van der Waals surface area contributed by atoms with Crippen LogP contribution in [-0.4, -0.2) is 25.3 Å². The van der Waals surface area contributed by atoms with Crippen LogP contribution >= 0.6 is 0 Å². The summed E-state index contributed by atoms with van der Waals surface area (Å²) in [6.45, 7) is 7.77. The molecular formula is C10H19NO. The maximum absolute atomic E-state index is 5.28. The summed E-state index contributed by atoms with van der Waals surface area (Å²) in [5.41, 5.74) is 0.903. The summed E-state index contributed by atoms with van der Waals surface area (Å²) < 4.78 is 5.28. The summed E-state index contributed by atoms with van der Waals surface area (Å²) in [6.07, 6.45) is 3.93. The quantitative estimate of drug-likeness (QED) is 0.594. The van der Waals surface area contributed by atoms with Crippen molar-refractivity contribution in [3.63, 3.8) is 0 Å². The van der Waals surface area contributed by atoms with Gasteiger partial charge in [0, 0.05) is 0 Å². The molecule has 2 aliphatic rings. The van der Waals surface area contributed by atoms with E-state index < -0.39 is 0 Å². The smallest absolute Gasteiger partial charge is 0.0671 e. The molecule has 12 heavy (non-hydrogen) atoms. The molecule has 0 radical (unpaired) electrons. The predicted octanol–water partition coefficient (Wildman–Crippen LogP) is 1.56. The average Bonchev–Trinajstić information content (AvgIpc) is 2.06. The van der Waals surface area contributed by atoms with Gasteiger partial charge in [-0.3, -0.25) is 0 Å². The minimum atomic E-state index is 0.369. The van der Waals surface area contributed by atoms with E-state index in [0.29, 0.717) is 11.0 Å². The third-order valence-electron chi connectivity index (χ3n) is 3.34. The summed E-state index contributed by atoms with van der Waals surface area (Å²) in [5.74, 6) is 0. The molecule has 0 aromatic rings. The minimum absolute atomic E-state index is 0.369. The Balaban J connectivity index is 1.97. The molecule has 0 aliphatic carbocycles. The van der Waals surface area contributed by atoms with Gasteiger partial charge in [-0.25, -0.2) is 0 Å². The summed E-state index contributed by atoms with van der Waals surface area (Å²) in [7, 11) is 0. The van der Waals surface area contributed by atoms with Crippen LogP contribution in [0.15, 0.2) is 0 Å². The van der Waals surface area contributed by atoms with Gasteiger partial charge in [-0.15, -0.1) is 0 Å². The Kier molecular flexibility index (Phi) is 1.92. The van der Waals surface area contributed by atoms with Crippen molar-refractivity contribution in [1.29, 1.82) is 0 Å². The summed E-state index contributed by atoms with van der Waals surface area (Å²) in [5, 5.41) is 3.63. The summed E-state index contributed by atoms with van der Waals surface area (Å²) in [4.78, 5) is 0. The standard InChI is InChI=1S/C10H19NO/c1-9(2)3-4-10(7-12-8-10)11-6-5-9/h11H,3-8H2,1-2H3. The van der Waals surface area contributed by atoms with E-state index in [4.69, 9.17) is 4.74 Å². The van der Waals surface area contributed by atoms with Gasteiger partial charge in [0.2, 0.25) is 0 Å². The molecule has 1 N–H and O–H groups in total. The Labute approximate surface area is 74.7 Å². The van der Waals surface area contributed by atoms with Crippen LogP contribution in [0.3, 0.4) is 0 Å². The van der Waals surface area contributed by atoms with E-state index in [9.17, 15) is 0 Å². The third-order valence-corrected chi connectivity index (χ3v) is 3.34. The first-order chi connectivity index (χ1) is 5.62. The Morgan fingerprint density at radius 2 is 1.83 bits per heavy atom. The van der Waals surface area contributed by atoms with Gasteiger partial charge in [0.1, 0.15) is 0 Å². The first-order valence-electron chi connectivity index (χ1n) is 4.95. The monoisotopic (exact) mass is 169 g/mol. The highest BCUT2D eigenvalue weighted by atomic mass is 16.5. The summed E-state index contributed by atoms with van der Waals surface area (Å²) in [6, 6.07) is 0. The molecule has 0 unspecified atom stereocenters. The van der Waals surface area contributed by atoms with E-state index in [1.807, 2.05) is 0 Å². The van der Waals surface area contributed by atoms with Crippen LogP contribution in [0.4, 0.5) is 0 Å². The lowest BCUT2D eigenvalue weighted by Gasteiger charge is -2.41. The molecule has 2 heterocycles. The van der Waals surface area contributed by atoms with Crippen molar-refractivity contribution >= 4 is 0 Å². The van der Waals surface area contributed by atoms with E-state index in [1.54, 1.807) is 0 Å². The fourth-order valence-electron chi connectivity index (χ4n) is 2.05. The zero-order valence-corrected chi connectivity index (χ0v) is 8.15. The first-order valence-corrected chi connectivity index (χ1v) is 4.95. The second-order valence-electron chi connectivity index (χ2n) is 5.11. The van der Waals surface area contributed by atoms with Crippen molar-refractivity contribution in [2.75, 3.05) is 19.8 Å². The molecule has 0 amide bonds. The van der Waals surface area contributed by atoms with Crippen LogP contribution < -0.4 is 5.32 Å². The lowest BCUT2D eigenvalue weighted by molar-refractivity contribution is -0.0768. The van der Waals surface area contributed by atoms with Crippen molar-refractivity contribution in [3.05, 3.63) is 0 Å². The van der Waals surface area contributed by atoms with E-state index in [-0.39, 0.29) is 0 Å². The molecule has 2 fully saturated rings. The SMILES string of the molecule is CC1(C)CCNC2(CC1)COC2. The lowest BCUT2D eigenvalue weighted by Crippen LogP contribution is -2.59. The van der Waals surface area contributed by atoms with E-state index >= 15 is 0 Å². The van der Waals surface area contributed by atoms with E-state index in [1.165, 1.54) is 19.3 Å². The van der Waals surface area contributed by atoms with Gasteiger partial charge >= 0.3 is 0 Å². The number of rotatable bonds is 0. The van der Waals surface area contributed by atoms with Crippen molar-refractivity contribution in [1.82, 2.24) is 5.32 Å². The van der Waals surface area contributed by atoms with Gasteiger partial charge in [0.15, 0.2) is 0 Å². The van der Waals surface area contributed by atoms with E-state index in [2.05, 4.69) is 19.2 Å². The Bertz CT molecular complexity index is 173. The normalized spacial score (nSPS) is 32.5. The lowest BCUT2D eigenvalue weighted by atomic mass is 9.81. The largest absolute Gasteiger partial charge is 0.377 e. The molecule has 2 saturated heterocycles. The third kappa shape index (κ3) is 1.50. The van der Waals surface area contributed by atoms with Crippen LogP contribution in [0.25, 0.3) is 0 Å². The molecular weight excluding hydrogens is 150 g/mol. The van der Waals surface area contributed by atoms with Gasteiger partial charge in [-0.1, -0.05) is 13.8 Å². The van der Waals surface area contributed by atoms with Crippen molar-refractivity contribution in [2.24, 2.45) is 5.41 Å². The average molecular weight is 169 g/mol. The molecule has 2 heteroatoms. The fraction of sp³-hybridized carbons (Fsp3) is 1.00. The molecule has 70 valence electrons. The topological polar surface area (TPSA) is 21.3 Å². The van der Waals surface area contributed by atoms with Crippen molar-refractivity contribution in [2.45, 2.75) is 38.6 Å². The number of ether oxygens (including phenoxy) is 1. The zero-order chi connectivity index (χ0) is 8.66. The minimum Gasteiger partial charge on any atom is -0.377 e. The number of nitrogens with one attached hydrogen (secondary N) is 1. The van der Waals surface area contributed by atoms with Crippen LogP contribution in [0, 0.1) is 5.41 Å². The maximum Gasteiger partial charge on any atom is 0.0671 e. The Morgan fingerprint density at radius 3 is 2.42 bits per heavy atom. The molecule has 0 bridgehead atoms. The summed E-state index contributed by atoms with van der Waals surface area (Å²) >= 11 is 0. The van der Waals surface area contributed by atoms with Gasteiger partial charge in [-0.2, -0.15) is 0 Å². The highest BCUT2D eigenvalue weighted by Crippen LogP contribution is 2.35. The molecule has 2 aliphatic heterocycles. The zero-order valence-electron chi connectivity index (χ0n) is 8.15. The molecule has 0 aromatic carbocycles. The highest BCUT2D eigenvalue weighted by Gasteiger charge is 2.41. The van der Waals surface area contributed by atoms with Gasteiger partial charge < -0.3 is 10.1 Å². The Morgan fingerprint density at radius 1 is 1.08 bits per heavy atom. The second kappa shape index (κ2) is 2.71. The van der Waals surface area contributed by atoms with Crippen LogP contribution in [0.5, 0.6) is 0 Å². The first kappa shape index (κ1) is 8.52. The molecule has 0 aromatic heterocycles. The maximum atomic E-state index is 5.28. The predicted molar refractivity (Wildman–Crippen MR) is 49.2 cm³/mol. The van der Waals surface area contributed by atoms with Crippen molar-refractivity contribution in [3.8, 4) is 0 Å². The molecule has 1 spiro atoms. The fourth-order valence-corrected chi connectivity index (χ4v) is 2.05. The van der Waals surface area contributed by atoms with Gasteiger partial charge in [0.05, 0.1) is 18.8 Å². The van der Waals surface area contributed by atoms with Gasteiger partial charge in [-0.05, 0) is 31.2 Å². The molecule has 2 nitrogen and oxygen atoms in total. The van der Waals surface area contributed by atoms with Crippen molar-refractivity contribution < 1.29 is 4.74 Å².